The minimum absolute atomic E-state index is 0.127. The molecule has 0 aliphatic carbocycles. The van der Waals surface area contributed by atoms with Gasteiger partial charge in [-0.2, -0.15) is 0 Å². The summed E-state index contributed by atoms with van der Waals surface area (Å²) in [4.78, 5) is 21.9. The Morgan fingerprint density at radius 2 is 2.03 bits per heavy atom. The molecule has 2 aromatic heterocycles. The van der Waals surface area contributed by atoms with Gasteiger partial charge in [0.1, 0.15) is 5.75 Å². The molecule has 148 valence electrons. The van der Waals surface area contributed by atoms with Gasteiger partial charge >= 0.3 is 0 Å². The molecule has 0 atom stereocenters. The van der Waals surface area contributed by atoms with E-state index in [1.165, 1.54) is 11.3 Å². The van der Waals surface area contributed by atoms with Crippen LogP contribution in [-0.4, -0.2) is 27.6 Å². The van der Waals surface area contributed by atoms with Crippen molar-refractivity contribution in [3.63, 3.8) is 0 Å². The molecule has 4 aromatic rings. The lowest BCUT2D eigenvalue weighted by Gasteiger charge is -2.06. The molecule has 0 aliphatic heterocycles. The summed E-state index contributed by atoms with van der Waals surface area (Å²) in [5.41, 5.74) is 5.06. The third-order valence-corrected chi connectivity index (χ3v) is 5.60. The highest BCUT2D eigenvalue weighted by Crippen LogP contribution is 2.30. The molecule has 6 nitrogen and oxygen atoms in total. The van der Waals surface area contributed by atoms with E-state index in [1.807, 2.05) is 58.0 Å². The molecule has 0 spiro atoms. The Labute approximate surface area is 172 Å². The molecule has 0 saturated heterocycles. The van der Waals surface area contributed by atoms with E-state index in [0.717, 1.165) is 38.5 Å². The number of rotatable bonds is 5. The van der Waals surface area contributed by atoms with Crippen molar-refractivity contribution in [2.75, 3.05) is 6.61 Å². The molecular weight excluding hydrogens is 384 g/mol. The normalized spacial score (nSPS) is 11.6. The van der Waals surface area contributed by atoms with Crippen molar-refractivity contribution in [2.45, 2.75) is 27.7 Å². The zero-order valence-corrected chi connectivity index (χ0v) is 17.6. The molecule has 0 fully saturated rings. The lowest BCUT2D eigenvalue weighted by Crippen LogP contribution is -2.18. The molecule has 0 radical (unpaired) electrons. The Balaban J connectivity index is 1.68. The first-order chi connectivity index (χ1) is 14.0. The van der Waals surface area contributed by atoms with Crippen molar-refractivity contribution in [3.05, 3.63) is 69.1 Å². The molecule has 2 aromatic carbocycles. The molecule has 0 bridgehead atoms. The fourth-order valence-electron chi connectivity index (χ4n) is 3.26. The van der Waals surface area contributed by atoms with Crippen LogP contribution in [0.1, 0.15) is 29.3 Å². The number of ether oxygens (including phenoxy) is 1. The average molecular weight is 407 g/mol. The van der Waals surface area contributed by atoms with Crippen LogP contribution in [0.25, 0.3) is 15.9 Å². The molecule has 2 heterocycles. The summed E-state index contributed by atoms with van der Waals surface area (Å²) in [5, 5.41) is 3.76. The number of aromatic nitrogens is 3. The van der Waals surface area contributed by atoms with Crippen LogP contribution >= 0.6 is 11.3 Å². The number of aryl methyl sites for hydroxylation is 3. The van der Waals surface area contributed by atoms with Crippen molar-refractivity contribution in [3.8, 4) is 11.4 Å². The van der Waals surface area contributed by atoms with Gasteiger partial charge in [-0.1, -0.05) is 29.0 Å². The third kappa shape index (κ3) is 3.73. The van der Waals surface area contributed by atoms with Crippen LogP contribution in [0, 0.1) is 20.8 Å². The van der Waals surface area contributed by atoms with Gasteiger partial charge in [-0.05, 0) is 57.5 Å². The summed E-state index contributed by atoms with van der Waals surface area (Å²) in [6.45, 7) is 8.48. The van der Waals surface area contributed by atoms with Crippen molar-refractivity contribution in [1.82, 2.24) is 14.8 Å². The van der Waals surface area contributed by atoms with E-state index < -0.39 is 0 Å². The lowest BCUT2D eigenvalue weighted by atomic mass is 10.1. The number of thiazole rings is 1. The van der Waals surface area contributed by atoms with Gasteiger partial charge < -0.3 is 4.74 Å². The number of H-pyrrole nitrogens is 1. The van der Waals surface area contributed by atoms with Crippen LogP contribution in [0.15, 0.2) is 46.2 Å². The van der Waals surface area contributed by atoms with E-state index in [0.29, 0.717) is 17.3 Å². The van der Waals surface area contributed by atoms with Gasteiger partial charge in [0.15, 0.2) is 0 Å². The fraction of sp³-hybridized carbons (Fsp3) is 0.227. The van der Waals surface area contributed by atoms with Crippen LogP contribution in [0.2, 0.25) is 0 Å². The Bertz CT molecular complexity index is 1280. The summed E-state index contributed by atoms with van der Waals surface area (Å²) in [6, 6.07) is 11.8. The summed E-state index contributed by atoms with van der Waals surface area (Å²) < 4.78 is 8.11. The third-order valence-electron chi connectivity index (χ3n) is 4.67. The number of hydrogen-bond acceptors (Lipinski definition) is 5. The van der Waals surface area contributed by atoms with Crippen molar-refractivity contribution in [1.29, 1.82) is 0 Å². The summed E-state index contributed by atoms with van der Waals surface area (Å²) in [7, 11) is 0. The Morgan fingerprint density at radius 1 is 1.21 bits per heavy atom. The highest BCUT2D eigenvalue weighted by Gasteiger charge is 2.13. The maximum absolute atomic E-state index is 12.9. The largest absolute Gasteiger partial charge is 0.494 e. The number of hydrogen-bond donors (Lipinski definition) is 1. The molecule has 7 heteroatoms. The predicted molar refractivity (Wildman–Crippen MR) is 119 cm³/mol. The minimum atomic E-state index is -0.127. The first-order valence-corrected chi connectivity index (χ1v) is 10.2. The number of nitrogens with one attached hydrogen (secondary N) is 1. The number of benzene rings is 2. The molecule has 0 amide bonds. The second-order valence-corrected chi connectivity index (χ2v) is 7.91. The lowest BCUT2D eigenvalue weighted by molar-refractivity contribution is 0.341. The number of aromatic amines is 1. The molecule has 0 unspecified atom stereocenters. The van der Waals surface area contributed by atoms with Gasteiger partial charge in [-0.25, -0.2) is 14.7 Å². The number of nitrogens with zero attached hydrogens (tertiary/aromatic N) is 3. The van der Waals surface area contributed by atoms with Gasteiger partial charge in [-0.3, -0.25) is 9.89 Å². The first kappa shape index (κ1) is 19.1. The zero-order chi connectivity index (χ0) is 20.5. The van der Waals surface area contributed by atoms with Crippen LogP contribution in [0.5, 0.6) is 5.75 Å². The SMILES string of the molecule is CCOc1ccc2nc(N=Cc3c(C)[nH]n(-c4ccc(C)cc4C)c3=O)sc2c1. The van der Waals surface area contributed by atoms with Gasteiger partial charge in [0.25, 0.3) is 5.56 Å². The topological polar surface area (TPSA) is 72.3 Å². The van der Waals surface area contributed by atoms with Gasteiger partial charge in [0.2, 0.25) is 5.13 Å². The van der Waals surface area contributed by atoms with E-state index in [2.05, 4.69) is 21.1 Å². The maximum atomic E-state index is 12.9. The highest BCUT2D eigenvalue weighted by molar-refractivity contribution is 7.22. The van der Waals surface area contributed by atoms with Gasteiger partial charge in [0, 0.05) is 11.9 Å². The highest BCUT2D eigenvalue weighted by atomic mass is 32.1. The van der Waals surface area contributed by atoms with Crippen molar-refractivity contribution >= 4 is 32.9 Å². The van der Waals surface area contributed by atoms with Crippen LogP contribution in [-0.2, 0) is 0 Å². The predicted octanol–water partition coefficient (Wildman–Crippen LogP) is 4.85. The smallest absolute Gasteiger partial charge is 0.280 e. The number of fused-ring (bicyclic) bond motifs is 1. The van der Waals surface area contributed by atoms with E-state index in [9.17, 15) is 4.79 Å². The summed E-state index contributed by atoms with van der Waals surface area (Å²) in [5.74, 6) is 0.817. The van der Waals surface area contributed by atoms with E-state index in [4.69, 9.17) is 4.74 Å². The van der Waals surface area contributed by atoms with Gasteiger partial charge in [0.05, 0.1) is 28.1 Å². The van der Waals surface area contributed by atoms with Crippen LogP contribution in [0.4, 0.5) is 5.13 Å². The van der Waals surface area contributed by atoms with E-state index >= 15 is 0 Å². The number of aliphatic imine (C=N–C) groups is 1. The van der Waals surface area contributed by atoms with Gasteiger partial charge in [-0.15, -0.1) is 0 Å². The molecule has 0 saturated carbocycles. The molecule has 0 aliphatic rings. The standard InChI is InChI=1S/C22H22N4O2S/c1-5-28-16-7-8-18-20(11-16)29-22(24-18)23-12-17-15(4)25-26(21(17)27)19-9-6-13(2)10-14(19)3/h6-12,25H,5H2,1-4H3. The Hall–Kier alpha value is -3.19. The molecule has 29 heavy (non-hydrogen) atoms. The van der Waals surface area contributed by atoms with Crippen molar-refractivity contribution in [2.24, 2.45) is 4.99 Å². The second-order valence-electron chi connectivity index (χ2n) is 6.90. The maximum Gasteiger partial charge on any atom is 0.280 e. The second kappa shape index (κ2) is 7.67. The minimum Gasteiger partial charge on any atom is -0.494 e. The zero-order valence-electron chi connectivity index (χ0n) is 16.8. The van der Waals surface area contributed by atoms with E-state index in [1.54, 1.807) is 10.9 Å². The summed E-state index contributed by atoms with van der Waals surface area (Å²) in [6.07, 6.45) is 1.59. The molecular formula is C22H22N4O2S. The van der Waals surface area contributed by atoms with Crippen molar-refractivity contribution < 1.29 is 4.74 Å². The monoisotopic (exact) mass is 406 g/mol. The van der Waals surface area contributed by atoms with Crippen LogP contribution in [0.3, 0.4) is 0 Å². The Kier molecular flexibility index (Phi) is 5.07. The fourth-order valence-corrected chi connectivity index (χ4v) is 4.10. The molecule has 4 rings (SSSR count). The van der Waals surface area contributed by atoms with Crippen LogP contribution < -0.4 is 10.3 Å². The first-order valence-electron chi connectivity index (χ1n) is 9.43. The van der Waals surface area contributed by atoms with E-state index in [-0.39, 0.29) is 5.56 Å². The molecule has 1 N–H and O–H groups in total. The quantitative estimate of drug-likeness (QED) is 0.482. The Morgan fingerprint density at radius 3 is 2.79 bits per heavy atom. The summed E-state index contributed by atoms with van der Waals surface area (Å²) >= 11 is 1.47. The average Bonchev–Trinajstić information content (AvgIpc) is 3.20.